The van der Waals surface area contributed by atoms with E-state index in [1.54, 1.807) is 0 Å². The van der Waals surface area contributed by atoms with Crippen molar-refractivity contribution in [2.45, 2.75) is 66.0 Å². The molecule has 2 aliphatic rings. The Morgan fingerprint density at radius 1 is 1.20 bits per heavy atom. The van der Waals surface area contributed by atoms with Crippen LogP contribution >= 0.6 is 0 Å². The van der Waals surface area contributed by atoms with Gasteiger partial charge in [0.05, 0.1) is 11.7 Å². The summed E-state index contributed by atoms with van der Waals surface area (Å²) in [5.41, 5.74) is 4.60. The fourth-order valence-corrected chi connectivity index (χ4v) is 4.67. The number of nitrogens with zero attached hydrogens (tertiary/aromatic N) is 3. The standard InChI is InChI=1S/C24H33N3O3/c1-16(2)15-27-18(4)20(17(3)25-27)8-10-24(28)26-11-5-6-21(26)19-7-9-22-23(14-19)30-13-12-29-22/h7,9,14,16,21H,5-6,8,10-13,15H2,1-4H3. The van der Waals surface area contributed by atoms with Crippen molar-refractivity contribution >= 4 is 5.91 Å². The summed E-state index contributed by atoms with van der Waals surface area (Å²) in [6.07, 6.45) is 3.31. The SMILES string of the molecule is Cc1nn(CC(C)C)c(C)c1CCC(=O)N1CCCC1c1ccc2c(c1)OCCO2. The minimum absolute atomic E-state index is 0.124. The zero-order valence-electron chi connectivity index (χ0n) is 18.6. The van der Waals surface area contributed by atoms with Crippen LogP contribution in [0, 0.1) is 19.8 Å². The molecule has 1 fully saturated rings. The van der Waals surface area contributed by atoms with E-state index in [1.165, 1.54) is 11.3 Å². The number of ether oxygens (including phenoxy) is 2. The molecular formula is C24H33N3O3. The van der Waals surface area contributed by atoms with E-state index >= 15 is 0 Å². The monoisotopic (exact) mass is 411 g/mol. The molecule has 0 radical (unpaired) electrons. The van der Waals surface area contributed by atoms with Crippen molar-refractivity contribution in [1.82, 2.24) is 14.7 Å². The lowest BCUT2D eigenvalue weighted by Crippen LogP contribution is -2.31. The summed E-state index contributed by atoms with van der Waals surface area (Å²) in [5.74, 6) is 2.36. The molecule has 6 heteroatoms. The summed E-state index contributed by atoms with van der Waals surface area (Å²) in [5, 5.41) is 4.70. The van der Waals surface area contributed by atoms with Crippen molar-refractivity contribution in [2.75, 3.05) is 19.8 Å². The maximum absolute atomic E-state index is 13.1. The summed E-state index contributed by atoms with van der Waals surface area (Å²) < 4.78 is 13.5. The molecule has 2 aliphatic heterocycles. The molecule has 1 amide bonds. The first kappa shape index (κ1) is 20.8. The average Bonchev–Trinajstić information content (AvgIpc) is 3.31. The zero-order chi connectivity index (χ0) is 21.3. The highest BCUT2D eigenvalue weighted by molar-refractivity contribution is 5.77. The smallest absolute Gasteiger partial charge is 0.223 e. The molecule has 30 heavy (non-hydrogen) atoms. The molecule has 162 valence electrons. The van der Waals surface area contributed by atoms with Gasteiger partial charge in [-0.1, -0.05) is 19.9 Å². The fourth-order valence-electron chi connectivity index (χ4n) is 4.67. The van der Waals surface area contributed by atoms with Crippen LogP contribution in [0.5, 0.6) is 11.5 Å². The predicted octanol–water partition coefficient (Wildman–Crippen LogP) is 4.22. The van der Waals surface area contributed by atoms with E-state index in [-0.39, 0.29) is 11.9 Å². The molecule has 0 spiro atoms. The van der Waals surface area contributed by atoms with Crippen LogP contribution in [0.15, 0.2) is 18.2 Å². The van der Waals surface area contributed by atoms with Crippen LogP contribution < -0.4 is 9.47 Å². The van der Waals surface area contributed by atoms with Crippen LogP contribution in [0.3, 0.4) is 0 Å². The molecule has 1 aromatic heterocycles. The van der Waals surface area contributed by atoms with Gasteiger partial charge < -0.3 is 14.4 Å². The molecule has 0 aliphatic carbocycles. The number of hydrogen-bond donors (Lipinski definition) is 0. The minimum Gasteiger partial charge on any atom is -0.486 e. The third-order valence-corrected chi connectivity index (χ3v) is 6.18. The van der Waals surface area contributed by atoms with Gasteiger partial charge in [0, 0.05) is 25.2 Å². The molecule has 3 heterocycles. The Hall–Kier alpha value is -2.50. The Kier molecular flexibility index (Phi) is 6.02. The Labute approximate surface area is 179 Å². The second-order valence-electron chi connectivity index (χ2n) is 8.87. The number of hydrogen-bond acceptors (Lipinski definition) is 4. The summed E-state index contributed by atoms with van der Waals surface area (Å²) in [6, 6.07) is 6.23. The first-order valence-electron chi connectivity index (χ1n) is 11.2. The molecule has 6 nitrogen and oxygen atoms in total. The van der Waals surface area contributed by atoms with Crippen molar-refractivity contribution in [3.8, 4) is 11.5 Å². The second kappa shape index (κ2) is 8.70. The first-order valence-corrected chi connectivity index (χ1v) is 11.2. The van der Waals surface area contributed by atoms with Crippen molar-refractivity contribution in [1.29, 1.82) is 0 Å². The van der Waals surface area contributed by atoms with Crippen LogP contribution in [-0.4, -0.2) is 40.3 Å². The lowest BCUT2D eigenvalue weighted by molar-refractivity contribution is -0.132. The van der Waals surface area contributed by atoms with Gasteiger partial charge in [-0.3, -0.25) is 9.48 Å². The van der Waals surface area contributed by atoms with Gasteiger partial charge in [0.2, 0.25) is 5.91 Å². The summed E-state index contributed by atoms with van der Waals surface area (Å²) >= 11 is 0. The highest BCUT2D eigenvalue weighted by atomic mass is 16.6. The fraction of sp³-hybridized carbons (Fsp3) is 0.583. The summed E-state index contributed by atoms with van der Waals surface area (Å²) in [4.78, 5) is 15.2. The van der Waals surface area contributed by atoms with Crippen molar-refractivity contribution in [3.63, 3.8) is 0 Å². The number of fused-ring (bicyclic) bond motifs is 1. The van der Waals surface area contributed by atoms with Gasteiger partial charge in [-0.25, -0.2) is 0 Å². The molecular weight excluding hydrogens is 378 g/mol. The van der Waals surface area contributed by atoms with Crippen molar-refractivity contribution in [2.24, 2.45) is 5.92 Å². The van der Waals surface area contributed by atoms with Crippen LogP contribution in [0.25, 0.3) is 0 Å². The quantitative estimate of drug-likeness (QED) is 0.714. The normalized spacial score (nSPS) is 18.3. The number of rotatable bonds is 6. The lowest BCUT2D eigenvalue weighted by atomic mass is 10.0. The van der Waals surface area contributed by atoms with E-state index in [0.29, 0.717) is 25.6 Å². The number of benzene rings is 1. The molecule has 0 N–H and O–H groups in total. The predicted molar refractivity (Wildman–Crippen MR) is 116 cm³/mol. The van der Waals surface area contributed by atoms with Gasteiger partial charge >= 0.3 is 0 Å². The molecule has 1 atom stereocenters. The third-order valence-electron chi connectivity index (χ3n) is 6.18. The van der Waals surface area contributed by atoms with Gasteiger partial charge in [0.1, 0.15) is 13.2 Å². The number of carbonyl (C=O) groups excluding carboxylic acids is 1. The maximum atomic E-state index is 13.1. The molecule has 2 aromatic rings. The van der Waals surface area contributed by atoms with Gasteiger partial charge in [0.15, 0.2) is 11.5 Å². The summed E-state index contributed by atoms with van der Waals surface area (Å²) in [7, 11) is 0. The lowest BCUT2D eigenvalue weighted by Gasteiger charge is -2.27. The molecule has 1 saturated heterocycles. The Balaban J connectivity index is 1.44. The highest BCUT2D eigenvalue weighted by Crippen LogP contribution is 2.38. The summed E-state index contributed by atoms with van der Waals surface area (Å²) in [6.45, 7) is 11.5. The largest absolute Gasteiger partial charge is 0.486 e. The molecule has 4 rings (SSSR count). The molecule has 0 bridgehead atoms. The van der Waals surface area contributed by atoms with E-state index in [4.69, 9.17) is 14.6 Å². The zero-order valence-corrected chi connectivity index (χ0v) is 18.6. The van der Waals surface area contributed by atoms with Crippen LogP contribution in [0.1, 0.15) is 61.7 Å². The third kappa shape index (κ3) is 4.18. The molecule has 0 saturated carbocycles. The number of likely N-dealkylation sites (tertiary alicyclic amines) is 1. The van der Waals surface area contributed by atoms with E-state index in [1.807, 2.05) is 6.07 Å². The van der Waals surface area contributed by atoms with Crippen molar-refractivity contribution < 1.29 is 14.3 Å². The van der Waals surface area contributed by atoms with Gasteiger partial charge in [-0.05, 0) is 62.3 Å². The van der Waals surface area contributed by atoms with Crippen LogP contribution in [-0.2, 0) is 17.8 Å². The van der Waals surface area contributed by atoms with E-state index in [0.717, 1.165) is 55.1 Å². The first-order chi connectivity index (χ1) is 14.4. The topological polar surface area (TPSA) is 56.6 Å². The number of carbonyl (C=O) groups is 1. The maximum Gasteiger partial charge on any atom is 0.223 e. The minimum atomic E-state index is 0.124. The Bertz CT molecular complexity index is 919. The molecule has 1 unspecified atom stereocenters. The Morgan fingerprint density at radius 2 is 1.97 bits per heavy atom. The van der Waals surface area contributed by atoms with Gasteiger partial charge in [-0.2, -0.15) is 5.10 Å². The van der Waals surface area contributed by atoms with E-state index < -0.39 is 0 Å². The van der Waals surface area contributed by atoms with E-state index in [2.05, 4.69) is 49.4 Å². The van der Waals surface area contributed by atoms with Gasteiger partial charge in [-0.15, -0.1) is 0 Å². The number of aryl methyl sites for hydroxylation is 1. The second-order valence-corrected chi connectivity index (χ2v) is 8.87. The number of aromatic nitrogens is 2. The molecule has 1 aromatic carbocycles. The number of amides is 1. The van der Waals surface area contributed by atoms with Crippen molar-refractivity contribution in [3.05, 3.63) is 40.7 Å². The van der Waals surface area contributed by atoms with Gasteiger partial charge in [0.25, 0.3) is 0 Å². The average molecular weight is 412 g/mol. The highest BCUT2D eigenvalue weighted by Gasteiger charge is 2.31. The van der Waals surface area contributed by atoms with Crippen LogP contribution in [0.4, 0.5) is 0 Å². The van der Waals surface area contributed by atoms with E-state index in [9.17, 15) is 4.79 Å². The van der Waals surface area contributed by atoms with Crippen LogP contribution in [0.2, 0.25) is 0 Å². The Morgan fingerprint density at radius 3 is 2.73 bits per heavy atom.